The third-order valence-corrected chi connectivity index (χ3v) is 7.14. The Hall–Kier alpha value is -4.94. The summed E-state index contributed by atoms with van der Waals surface area (Å²) in [5, 5.41) is 30.7. The standard InChI is InChI=1S/C30H29N5O4/c1-3-13-38-26-14-21(9-10-25(26)37-2)27-24-16-35(29(36)39-17-20-7-5-4-6-8-20)12-11-22(24)23(15-31)28(34)30(27,18-32)19-33/h4-11,14,24,27H,3,12-13,16-17,34H2,1-2H3/t24-,27-/m0/s1. The summed E-state index contributed by atoms with van der Waals surface area (Å²) < 4.78 is 16.9. The van der Waals surface area contributed by atoms with Crippen LogP contribution in [-0.4, -0.2) is 37.8 Å². The van der Waals surface area contributed by atoms with Crippen LogP contribution in [0, 0.1) is 45.3 Å². The van der Waals surface area contributed by atoms with E-state index in [0.717, 1.165) is 12.0 Å². The number of methoxy groups -OCH3 is 1. The molecule has 9 nitrogen and oxygen atoms in total. The van der Waals surface area contributed by atoms with Gasteiger partial charge in [-0.15, -0.1) is 0 Å². The van der Waals surface area contributed by atoms with E-state index in [2.05, 4.69) is 18.2 Å². The Kier molecular flexibility index (Phi) is 8.08. The second-order valence-corrected chi connectivity index (χ2v) is 9.38. The molecule has 2 aromatic carbocycles. The van der Waals surface area contributed by atoms with Gasteiger partial charge < -0.3 is 24.8 Å². The number of nitrogens with two attached hydrogens (primary N) is 1. The molecule has 1 heterocycles. The molecule has 2 N–H and O–H groups in total. The fourth-order valence-electron chi connectivity index (χ4n) is 5.23. The van der Waals surface area contributed by atoms with Gasteiger partial charge in [0.05, 0.1) is 37.1 Å². The highest BCUT2D eigenvalue weighted by Crippen LogP contribution is 2.55. The summed E-state index contributed by atoms with van der Waals surface area (Å²) in [6.45, 7) is 2.86. The van der Waals surface area contributed by atoms with Crippen LogP contribution in [-0.2, 0) is 11.3 Å². The monoisotopic (exact) mass is 523 g/mol. The highest BCUT2D eigenvalue weighted by Gasteiger charge is 2.55. The van der Waals surface area contributed by atoms with Gasteiger partial charge in [-0.1, -0.05) is 49.4 Å². The van der Waals surface area contributed by atoms with Gasteiger partial charge in [0.2, 0.25) is 0 Å². The second-order valence-electron chi connectivity index (χ2n) is 9.38. The zero-order valence-corrected chi connectivity index (χ0v) is 21.9. The zero-order valence-electron chi connectivity index (χ0n) is 21.9. The molecule has 0 saturated carbocycles. The minimum atomic E-state index is -1.85. The van der Waals surface area contributed by atoms with Crippen LogP contribution in [0.4, 0.5) is 4.79 Å². The van der Waals surface area contributed by atoms with Crippen molar-refractivity contribution in [3.05, 3.63) is 82.6 Å². The summed E-state index contributed by atoms with van der Waals surface area (Å²) in [6, 6.07) is 20.9. The van der Waals surface area contributed by atoms with E-state index in [0.29, 0.717) is 29.2 Å². The molecule has 0 saturated heterocycles. The minimum Gasteiger partial charge on any atom is -0.493 e. The number of carbonyl (C=O) groups is 1. The first-order chi connectivity index (χ1) is 18.9. The number of rotatable bonds is 7. The van der Waals surface area contributed by atoms with E-state index in [-0.39, 0.29) is 31.0 Å². The van der Waals surface area contributed by atoms with Crippen LogP contribution in [0.3, 0.4) is 0 Å². The van der Waals surface area contributed by atoms with Crippen LogP contribution < -0.4 is 15.2 Å². The molecule has 2 aromatic rings. The zero-order chi connectivity index (χ0) is 28.0. The number of carbonyl (C=O) groups excluding carboxylic acids is 1. The lowest BCUT2D eigenvalue weighted by molar-refractivity contribution is 0.0898. The molecule has 0 fully saturated rings. The maximum Gasteiger partial charge on any atom is 0.410 e. The van der Waals surface area contributed by atoms with Gasteiger partial charge in [0, 0.05) is 24.9 Å². The molecule has 4 rings (SSSR count). The first-order valence-corrected chi connectivity index (χ1v) is 12.6. The van der Waals surface area contributed by atoms with Crippen molar-refractivity contribution in [2.45, 2.75) is 25.9 Å². The number of amides is 1. The average Bonchev–Trinajstić information content (AvgIpc) is 2.98. The van der Waals surface area contributed by atoms with Gasteiger partial charge in [-0.05, 0) is 35.3 Å². The van der Waals surface area contributed by atoms with Crippen LogP contribution >= 0.6 is 0 Å². The molecule has 0 radical (unpaired) electrons. The number of fused-ring (bicyclic) bond motifs is 1. The fourth-order valence-corrected chi connectivity index (χ4v) is 5.23. The van der Waals surface area contributed by atoms with Crippen molar-refractivity contribution in [3.8, 4) is 29.7 Å². The van der Waals surface area contributed by atoms with E-state index in [1.54, 1.807) is 24.3 Å². The molecule has 0 unspecified atom stereocenters. The van der Waals surface area contributed by atoms with Gasteiger partial charge in [0.15, 0.2) is 16.9 Å². The number of nitriles is 3. The third kappa shape index (κ3) is 4.98. The smallest absolute Gasteiger partial charge is 0.410 e. The molecule has 0 spiro atoms. The quantitative estimate of drug-likeness (QED) is 0.556. The highest BCUT2D eigenvalue weighted by molar-refractivity contribution is 5.69. The van der Waals surface area contributed by atoms with Gasteiger partial charge in [-0.2, -0.15) is 15.8 Å². The number of ether oxygens (including phenoxy) is 3. The Bertz CT molecular complexity index is 1410. The van der Waals surface area contributed by atoms with E-state index < -0.39 is 23.3 Å². The lowest BCUT2D eigenvalue weighted by Crippen LogP contribution is -2.49. The lowest BCUT2D eigenvalue weighted by atomic mass is 9.58. The minimum absolute atomic E-state index is 0.0885. The summed E-state index contributed by atoms with van der Waals surface area (Å²) in [4.78, 5) is 14.6. The van der Waals surface area contributed by atoms with Crippen molar-refractivity contribution in [2.75, 3.05) is 26.8 Å². The summed E-state index contributed by atoms with van der Waals surface area (Å²) in [6.07, 6.45) is 2.00. The Morgan fingerprint density at radius 2 is 1.87 bits per heavy atom. The van der Waals surface area contributed by atoms with Crippen molar-refractivity contribution in [2.24, 2.45) is 17.1 Å². The maximum absolute atomic E-state index is 13.1. The van der Waals surface area contributed by atoms with Crippen molar-refractivity contribution in [3.63, 3.8) is 0 Å². The topological polar surface area (TPSA) is 145 Å². The third-order valence-electron chi connectivity index (χ3n) is 7.14. The highest BCUT2D eigenvalue weighted by atomic mass is 16.6. The Balaban J connectivity index is 1.77. The summed E-state index contributed by atoms with van der Waals surface area (Å²) in [7, 11) is 1.53. The van der Waals surface area contributed by atoms with E-state index in [1.165, 1.54) is 12.0 Å². The van der Waals surface area contributed by atoms with Crippen molar-refractivity contribution in [1.82, 2.24) is 4.90 Å². The van der Waals surface area contributed by atoms with Gasteiger partial charge in [0.1, 0.15) is 12.7 Å². The van der Waals surface area contributed by atoms with Crippen molar-refractivity contribution in [1.29, 1.82) is 15.8 Å². The van der Waals surface area contributed by atoms with E-state index in [1.807, 2.05) is 37.3 Å². The van der Waals surface area contributed by atoms with E-state index in [4.69, 9.17) is 19.9 Å². The molecule has 0 bridgehead atoms. The molecule has 0 aromatic heterocycles. The Morgan fingerprint density at radius 1 is 1.13 bits per heavy atom. The Morgan fingerprint density at radius 3 is 2.51 bits per heavy atom. The molecular weight excluding hydrogens is 494 g/mol. The maximum atomic E-state index is 13.1. The molecule has 198 valence electrons. The SMILES string of the molecule is CCCOc1cc([C@H]2[C@H]3CN(C(=O)OCc4ccccc4)CC=C3C(C#N)=C(N)C2(C#N)C#N)ccc1OC. The van der Waals surface area contributed by atoms with Gasteiger partial charge in [-0.25, -0.2) is 4.79 Å². The summed E-state index contributed by atoms with van der Waals surface area (Å²) in [5.74, 6) is -0.392. The predicted molar refractivity (Wildman–Crippen MR) is 142 cm³/mol. The summed E-state index contributed by atoms with van der Waals surface area (Å²) in [5.41, 5.74) is 6.66. The molecule has 9 heteroatoms. The molecule has 1 aliphatic heterocycles. The van der Waals surface area contributed by atoms with Crippen LogP contribution in [0.2, 0.25) is 0 Å². The fraction of sp³-hybridized carbons (Fsp3) is 0.333. The molecule has 39 heavy (non-hydrogen) atoms. The van der Waals surface area contributed by atoms with Crippen LogP contribution in [0.5, 0.6) is 11.5 Å². The van der Waals surface area contributed by atoms with Crippen LogP contribution in [0.1, 0.15) is 30.4 Å². The van der Waals surface area contributed by atoms with Crippen molar-refractivity contribution < 1.29 is 19.0 Å². The molecule has 1 amide bonds. The van der Waals surface area contributed by atoms with Gasteiger partial charge >= 0.3 is 6.09 Å². The number of hydrogen-bond donors (Lipinski definition) is 1. The normalized spacial score (nSPS) is 19.5. The van der Waals surface area contributed by atoms with E-state index in [9.17, 15) is 20.6 Å². The first-order valence-electron chi connectivity index (χ1n) is 12.6. The van der Waals surface area contributed by atoms with Gasteiger partial charge in [0.25, 0.3) is 0 Å². The lowest BCUT2D eigenvalue weighted by Gasteiger charge is -2.45. The number of hydrogen-bond acceptors (Lipinski definition) is 8. The second kappa shape index (κ2) is 11.6. The van der Waals surface area contributed by atoms with Crippen LogP contribution in [0.15, 0.2) is 71.5 Å². The predicted octanol–water partition coefficient (Wildman–Crippen LogP) is 4.55. The Labute approximate surface area is 227 Å². The first kappa shape index (κ1) is 27.1. The van der Waals surface area contributed by atoms with Crippen molar-refractivity contribution >= 4 is 6.09 Å². The van der Waals surface area contributed by atoms with Crippen LogP contribution in [0.25, 0.3) is 0 Å². The number of allylic oxidation sites excluding steroid dienone is 2. The number of nitrogens with zero attached hydrogens (tertiary/aromatic N) is 4. The molecule has 2 atom stereocenters. The largest absolute Gasteiger partial charge is 0.493 e. The summed E-state index contributed by atoms with van der Waals surface area (Å²) >= 11 is 0. The van der Waals surface area contributed by atoms with E-state index >= 15 is 0 Å². The molecule has 1 aliphatic carbocycles. The number of benzene rings is 2. The average molecular weight is 524 g/mol. The van der Waals surface area contributed by atoms with Gasteiger partial charge in [-0.3, -0.25) is 0 Å². The molecular formula is C30H29N5O4. The molecule has 2 aliphatic rings.